The summed E-state index contributed by atoms with van der Waals surface area (Å²) in [5.74, 6) is -0.0739. The van der Waals surface area contributed by atoms with Crippen LogP contribution in [0.3, 0.4) is 0 Å². The molecule has 58 heavy (non-hydrogen) atoms. The molecule has 0 heterocycles. The number of aliphatic hydroxyl groups excluding tert-OH is 2. The number of hydrogen-bond acceptors (Lipinski definition) is 3. The van der Waals surface area contributed by atoms with Gasteiger partial charge in [0.15, 0.2) is 0 Å². The normalized spacial score (nSPS) is 13.9. The van der Waals surface area contributed by atoms with Crippen LogP contribution in [0.5, 0.6) is 0 Å². The Bertz CT molecular complexity index is 1140. The second-order valence-corrected chi connectivity index (χ2v) is 15.8. The number of aliphatic hydroxyl groups is 2. The predicted octanol–water partition coefficient (Wildman–Crippen LogP) is 15.6. The Kier molecular flexibility index (Phi) is 46.0. The molecule has 4 nitrogen and oxygen atoms in total. The van der Waals surface area contributed by atoms with Crippen LogP contribution >= 0.6 is 0 Å². The number of hydrogen-bond donors (Lipinski definition) is 3. The molecule has 2 atom stereocenters. The molecule has 0 aromatic carbocycles. The van der Waals surface area contributed by atoms with Crippen LogP contribution in [-0.4, -0.2) is 34.9 Å². The summed E-state index contributed by atoms with van der Waals surface area (Å²) in [6, 6.07) is -0.627. The third-order valence-corrected chi connectivity index (χ3v) is 10.3. The predicted molar refractivity (Wildman–Crippen MR) is 257 cm³/mol. The van der Waals surface area contributed by atoms with Gasteiger partial charge in [-0.25, -0.2) is 0 Å². The van der Waals surface area contributed by atoms with Crippen LogP contribution in [0.1, 0.15) is 206 Å². The number of unbranched alkanes of at least 4 members (excludes halogenated alkanes) is 19. The first kappa shape index (κ1) is 55.0. The molecule has 0 aliphatic carbocycles. The molecule has 2 unspecified atom stereocenters. The maximum Gasteiger partial charge on any atom is 0.220 e. The van der Waals surface area contributed by atoms with Gasteiger partial charge < -0.3 is 15.5 Å². The average molecular weight is 802 g/mol. The first-order valence-corrected chi connectivity index (χ1v) is 24.1. The van der Waals surface area contributed by atoms with Gasteiger partial charge in [-0.3, -0.25) is 4.79 Å². The van der Waals surface area contributed by atoms with Gasteiger partial charge in [0.25, 0.3) is 0 Å². The van der Waals surface area contributed by atoms with Crippen LogP contribution in [0.15, 0.2) is 109 Å². The Morgan fingerprint density at radius 3 is 1.14 bits per heavy atom. The highest BCUT2D eigenvalue weighted by Gasteiger charge is 2.17. The quantitative estimate of drug-likeness (QED) is 0.0425. The molecule has 0 rings (SSSR count). The van der Waals surface area contributed by atoms with Crippen molar-refractivity contribution in [1.82, 2.24) is 5.32 Å². The zero-order valence-corrected chi connectivity index (χ0v) is 37.8. The first-order chi connectivity index (χ1) is 28.7. The summed E-state index contributed by atoms with van der Waals surface area (Å²) in [7, 11) is 0. The second kappa shape index (κ2) is 48.4. The van der Waals surface area contributed by atoms with Crippen molar-refractivity contribution in [2.24, 2.45) is 0 Å². The standard InChI is InChI=1S/C54H91NO3/c1-3-5-7-9-11-13-14-15-16-17-18-19-20-21-22-23-24-25-26-27-28-29-30-31-32-33-34-35-36-37-38-39-40-42-44-46-48-50-54(58)55-52(51-56)53(57)49-47-45-43-41-12-10-8-6-4-2/h5,7,11,13,15-16,18-19,21-22,24-25,27-28,30-31,47,49,52-53,56-57H,3-4,6,8-10,12,14,17,20,23,26,29,32-46,48,50-51H2,1-2H3,(H,55,58)/b7-5-,13-11-,16-15-,19-18-,22-21-,25-24-,28-27-,31-30-,49-47+. The minimum Gasteiger partial charge on any atom is -0.394 e. The second-order valence-electron chi connectivity index (χ2n) is 15.8. The molecular formula is C54H91NO3. The number of carbonyl (C=O) groups is 1. The van der Waals surface area contributed by atoms with Crippen molar-refractivity contribution in [3.05, 3.63) is 109 Å². The number of allylic oxidation sites excluding steroid dienone is 17. The van der Waals surface area contributed by atoms with Gasteiger partial charge in [-0.05, 0) is 83.5 Å². The van der Waals surface area contributed by atoms with Crippen molar-refractivity contribution >= 4 is 5.91 Å². The van der Waals surface area contributed by atoms with Crippen molar-refractivity contribution in [3.63, 3.8) is 0 Å². The summed E-state index contributed by atoms with van der Waals surface area (Å²) in [5, 5.41) is 22.9. The van der Waals surface area contributed by atoms with E-state index in [-0.39, 0.29) is 12.5 Å². The summed E-state index contributed by atoms with van der Waals surface area (Å²) in [6.07, 6.45) is 73.6. The highest BCUT2D eigenvalue weighted by molar-refractivity contribution is 5.76. The van der Waals surface area contributed by atoms with E-state index in [0.29, 0.717) is 6.42 Å². The Hall–Kier alpha value is -2.95. The number of amides is 1. The van der Waals surface area contributed by atoms with Gasteiger partial charge >= 0.3 is 0 Å². The molecule has 4 heteroatoms. The lowest BCUT2D eigenvalue weighted by molar-refractivity contribution is -0.123. The zero-order chi connectivity index (χ0) is 42.1. The van der Waals surface area contributed by atoms with E-state index in [2.05, 4.69) is 116 Å². The van der Waals surface area contributed by atoms with Crippen LogP contribution in [0.2, 0.25) is 0 Å². The van der Waals surface area contributed by atoms with Crippen LogP contribution < -0.4 is 5.32 Å². The summed E-state index contributed by atoms with van der Waals surface area (Å²) < 4.78 is 0. The van der Waals surface area contributed by atoms with E-state index in [1.165, 1.54) is 109 Å². The van der Waals surface area contributed by atoms with Crippen molar-refractivity contribution in [3.8, 4) is 0 Å². The molecule has 0 fully saturated rings. The van der Waals surface area contributed by atoms with Gasteiger partial charge in [0.05, 0.1) is 18.8 Å². The summed E-state index contributed by atoms with van der Waals surface area (Å²) in [5.41, 5.74) is 0. The monoisotopic (exact) mass is 802 g/mol. The molecule has 0 saturated heterocycles. The topological polar surface area (TPSA) is 69.6 Å². The van der Waals surface area contributed by atoms with E-state index in [1.807, 2.05) is 6.08 Å². The van der Waals surface area contributed by atoms with Gasteiger partial charge in [0.2, 0.25) is 5.91 Å². The largest absolute Gasteiger partial charge is 0.394 e. The third-order valence-electron chi connectivity index (χ3n) is 10.3. The van der Waals surface area contributed by atoms with Crippen LogP contribution in [0.25, 0.3) is 0 Å². The van der Waals surface area contributed by atoms with Crippen molar-refractivity contribution in [1.29, 1.82) is 0 Å². The van der Waals surface area contributed by atoms with E-state index >= 15 is 0 Å². The number of carbonyl (C=O) groups excluding carboxylic acids is 1. The molecule has 0 aromatic heterocycles. The average Bonchev–Trinajstić information content (AvgIpc) is 3.23. The molecule has 0 spiro atoms. The molecule has 0 bridgehead atoms. The SMILES string of the molecule is CC/C=C\C/C=C\C/C=C\C/C=C\C/C=C\C/C=C\C/C=C\C/C=C\CCCCCCCCCCCCCCC(=O)NC(CO)C(O)/C=C/CCCCCCCCC. The van der Waals surface area contributed by atoms with E-state index in [0.717, 1.165) is 77.0 Å². The zero-order valence-electron chi connectivity index (χ0n) is 37.8. The molecule has 0 saturated carbocycles. The lowest BCUT2D eigenvalue weighted by Crippen LogP contribution is -2.45. The molecule has 0 aliphatic heterocycles. The van der Waals surface area contributed by atoms with E-state index in [9.17, 15) is 15.0 Å². The molecule has 3 N–H and O–H groups in total. The van der Waals surface area contributed by atoms with Gasteiger partial charge in [-0.15, -0.1) is 0 Å². The molecule has 0 aromatic rings. The Morgan fingerprint density at radius 1 is 0.431 bits per heavy atom. The first-order valence-electron chi connectivity index (χ1n) is 24.1. The Labute approximate surface area is 359 Å². The van der Waals surface area contributed by atoms with Gasteiger partial charge in [0, 0.05) is 6.42 Å². The minimum atomic E-state index is -0.843. The molecule has 330 valence electrons. The van der Waals surface area contributed by atoms with Gasteiger partial charge in [0.1, 0.15) is 0 Å². The van der Waals surface area contributed by atoms with E-state index in [1.54, 1.807) is 6.08 Å². The summed E-state index contributed by atoms with van der Waals surface area (Å²) in [6.45, 7) is 4.15. The minimum absolute atomic E-state index is 0.0739. The highest BCUT2D eigenvalue weighted by atomic mass is 16.3. The Balaban J connectivity index is 3.56. The fourth-order valence-corrected chi connectivity index (χ4v) is 6.60. The van der Waals surface area contributed by atoms with E-state index < -0.39 is 12.1 Å². The van der Waals surface area contributed by atoms with Crippen LogP contribution in [0.4, 0.5) is 0 Å². The van der Waals surface area contributed by atoms with Crippen molar-refractivity contribution in [2.75, 3.05) is 6.61 Å². The molecular weight excluding hydrogens is 711 g/mol. The lowest BCUT2D eigenvalue weighted by atomic mass is 10.0. The van der Waals surface area contributed by atoms with Crippen molar-refractivity contribution in [2.45, 2.75) is 219 Å². The highest BCUT2D eigenvalue weighted by Crippen LogP contribution is 2.14. The fraction of sp³-hybridized carbons (Fsp3) is 0.648. The number of nitrogens with one attached hydrogen (secondary N) is 1. The van der Waals surface area contributed by atoms with Crippen LogP contribution in [0, 0.1) is 0 Å². The fourth-order valence-electron chi connectivity index (χ4n) is 6.60. The molecule has 0 aliphatic rings. The maximum atomic E-state index is 12.4. The maximum absolute atomic E-state index is 12.4. The van der Waals surface area contributed by atoms with Crippen LogP contribution in [-0.2, 0) is 4.79 Å². The molecule has 1 amide bonds. The van der Waals surface area contributed by atoms with Crippen molar-refractivity contribution < 1.29 is 15.0 Å². The smallest absolute Gasteiger partial charge is 0.220 e. The van der Waals surface area contributed by atoms with E-state index in [4.69, 9.17) is 0 Å². The third kappa shape index (κ3) is 44.2. The number of rotatable bonds is 42. The Morgan fingerprint density at radius 2 is 0.759 bits per heavy atom. The summed E-state index contributed by atoms with van der Waals surface area (Å²) >= 11 is 0. The summed E-state index contributed by atoms with van der Waals surface area (Å²) in [4.78, 5) is 12.4. The van der Waals surface area contributed by atoms with Gasteiger partial charge in [-0.1, -0.05) is 226 Å². The van der Waals surface area contributed by atoms with Gasteiger partial charge in [-0.2, -0.15) is 0 Å². The lowest BCUT2D eigenvalue weighted by Gasteiger charge is -2.20. The molecule has 0 radical (unpaired) electrons.